The molecule has 2 aliphatic rings. The summed E-state index contributed by atoms with van der Waals surface area (Å²) in [6, 6.07) is -0.646. The molecule has 1 saturated heterocycles. The molecule has 0 radical (unpaired) electrons. The van der Waals surface area contributed by atoms with Crippen LogP contribution in [0.2, 0.25) is 0 Å². The number of carboxylic acid groups (broad SMARTS) is 1. The third-order valence-corrected chi connectivity index (χ3v) is 4.24. The normalized spacial score (nSPS) is 35.8. The van der Waals surface area contributed by atoms with Gasteiger partial charge < -0.3 is 15.3 Å². The fraction of sp³-hybridized carbons (Fsp3) is 0.846. The maximum atomic E-state index is 12.1. The van der Waals surface area contributed by atoms with Gasteiger partial charge in [-0.3, -0.25) is 0 Å². The summed E-state index contributed by atoms with van der Waals surface area (Å²) in [4.78, 5) is 24.8. The molecule has 0 bridgehead atoms. The summed E-state index contributed by atoms with van der Waals surface area (Å²) in [5, 5.41) is 12.2. The predicted octanol–water partition coefficient (Wildman–Crippen LogP) is 1.68. The Morgan fingerprint density at radius 1 is 1.22 bits per heavy atom. The van der Waals surface area contributed by atoms with Crippen LogP contribution in [0.5, 0.6) is 0 Å². The number of amides is 2. The first-order chi connectivity index (χ1) is 8.49. The topological polar surface area (TPSA) is 69.6 Å². The highest BCUT2D eigenvalue weighted by Crippen LogP contribution is 2.27. The summed E-state index contributed by atoms with van der Waals surface area (Å²) in [5.74, 6) is -0.200. The summed E-state index contributed by atoms with van der Waals surface area (Å²) in [7, 11) is 0. The lowest BCUT2D eigenvalue weighted by Gasteiger charge is -2.25. The lowest BCUT2D eigenvalue weighted by atomic mass is 10.0. The van der Waals surface area contributed by atoms with Crippen molar-refractivity contribution in [1.82, 2.24) is 10.2 Å². The molecule has 102 valence electrons. The zero-order chi connectivity index (χ0) is 13.3. The largest absolute Gasteiger partial charge is 0.480 e. The van der Waals surface area contributed by atoms with Crippen molar-refractivity contribution in [3.8, 4) is 0 Å². The monoisotopic (exact) mass is 254 g/mol. The first kappa shape index (κ1) is 13.2. The molecule has 1 aliphatic carbocycles. The summed E-state index contributed by atoms with van der Waals surface area (Å²) in [6.45, 7) is 4.63. The first-order valence-corrected chi connectivity index (χ1v) is 6.79. The average Bonchev–Trinajstić information content (AvgIpc) is 2.84. The minimum atomic E-state index is -0.894. The zero-order valence-electron chi connectivity index (χ0n) is 11.1. The smallest absolute Gasteiger partial charge is 0.326 e. The molecular weight excluding hydrogens is 232 g/mol. The van der Waals surface area contributed by atoms with Crippen LogP contribution in [0.1, 0.15) is 39.5 Å². The second kappa shape index (κ2) is 5.16. The van der Waals surface area contributed by atoms with Crippen molar-refractivity contribution >= 4 is 12.0 Å². The Balaban J connectivity index is 1.94. The van der Waals surface area contributed by atoms with E-state index in [0.29, 0.717) is 12.5 Å². The summed E-state index contributed by atoms with van der Waals surface area (Å²) in [5.41, 5.74) is 0. The van der Waals surface area contributed by atoms with Crippen molar-refractivity contribution in [2.75, 3.05) is 6.54 Å². The molecule has 0 aromatic carbocycles. The molecule has 1 heterocycles. The predicted molar refractivity (Wildman–Crippen MR) is 67.2 cm³/mol. The van der Waals surface area contributed by atoms with Gasteiger partial charge in [-0.2, -0.15) is 0 Å². The molecule has 4 atom stereocenters. The molecule has 4 unspecified atom stereocenters. The number of likely N-dealkylation sites (tertiary alicyclic amines) is 1. The third-order valence-electron chi connectivity index (χ3n) is 4.24. The van der Waals surface area contributed by atoms with Gasteiger partial charge in [0.05, 0.1) is 0 Å². The Kier molecular flexibility index (Phi) is 3.78. The van der Waals surface area contributed by atoms with Gasteiger partial charge in [-0.25, -0.2) is 9.59 Å². The van der Waals surface area contributed by atoms with Gasteiger partial charge in [0, 0.05) is 12.6 Å². The lowest BCUT2D eigenvalue weighted by molar-refractivity contribution is -0.142. The van der Waals surface area contributed by atoms with Crippen molar-refractivity contribution in [3.63, 3.8) is 0 Å². The van der Waals surface area contributed by atoms with Gasteiger partial charge in [0.25, 0.3) is 0 Å². The zero-order valence-corrected chi connectivity index (χ0v) is 11.1. The van der Waals surface area contributed by atoms with Crippen LogP contribution in [-0.2, 0) is 4.79 Å². The molecule has 18 heavy (non-hydrogen) atoms. The van der Waals surface area contributed by atoms with E-state index in [9.17, 15) is 14.7 Å². The first-order valence-electron chi connectivity index (χ1n) is 6.79. The molecule has 5 nitrogen and oxygen atoms in total. The van der Waals surface area contributed by atoms with Crippen LogP contribution in [0.25, 0.3) is 0 Å². The third kappa shape index (κ3) is 2.60. The van der Waals surface area contributed by atoms with Crippen molar-refractivity contribution in [2.45, 2.75) is 51.6 Å². The van der Waals surface area contributed by atoms with Gasteiger partial charge in [-0.15, -0.1) is 0 Å². The van der Waals surface area contributed by atoms with E-state index in [2.05, 4.69) is 12.2 Å². The Bertz CT molecular complexity index is 345. The highest BCUT2D eigenvalue weighted by Gasteiger charge is 2.40. The van der Waals surface area contributed by atoms with Crippen molar-refractivity contribution in [3.05, 3.63) is 0 Å². The molecule has 2 fully saturated rings. The fourth-order valence-electron chi connectivity index (χ4n) is 3.15. The average molecular weight is 254 g/mol. The fourth-order valence-corrected chi connectivity index (χ4v) is 3.15. The number of urea groups is 1. The second-order valence-electron chi connectivity index (χ2n) is 5.81. The van der Waals surface area contributed by atoms with E-state index in [1.807, 2.05) is 6.92 Å². The number of nitrogens with zero attached hydrogens (tertiary/aromatic N) is 1. The van der Waals surface area contributed by atoms with E-state index >= 15 is 0 Å². The molecule has 1 aliphatic heterocycles. The van der Waals surface area contributed by atoms with E-state index in [1.54, 1.807) is 0 Å². The number of hydrogen-bond donors (Lipinski definition) is 2. The standard InChI is InChI=1S/C13H22N2O3/c1-8-3-4-10(7-8)14-13(18)15-6-5-9(2)11(15)12(16)17/h8-11H,3-7H2,1-2H3,(H,14,18)(H,16,17). The van der Waals surface area contributed by atoms with Crippen molar-refractivity contribution in [1.29, 1.82) is 0 Å². The highest BCUT2D eigenvalue weighted by molar-refractivity contribution is 5.83. The Hall–Kier alpha value is -1.26. The lowest BCUT2D eigenvalue weighted by Crippen LogP contribution is -2.49. The van der Waals surface area contributed by atoms with E-state index in [1.165, 1.54) is 4.90 Å². The molecule has 2 rings (SSSR count). The maximum absolute atomic E-state index is 12.1. The maximum Gasteiger partial charge on any atom is 0.326 e. The number of hydrogen-bond acceptors (Lipinski definition) is 2. The Morgan fingerprint density at radius 3 is 2.50 bits per heavy atom. The van der Waals surface area contributed by atoms with Gasteiger partial charge in [0.1, 0.15) is 6.04 Å². The van der Waals surface area contributed by atoms with E-state index in [4.69, 9.17) is 0 Å². The number of aliphatic carboxylic acids is 1. The molecule has 0 spiro atoms. The summed E-state index contributed by atoms with van der Waals surface area (Å²) < 4.78 is 0. The van der Waals surface area contributed by atoms with Gasteiger partial charge in [-0.05, 0) is 37.5 Å². The minimum Gasteiger partial charge on any atom is -0.480 e. The highest BCUT2D eigenvalue weighted by atomic mass is 16.4. The number of nitrogens with one attached hydrogen (secondary N) is 1. The van der Waals surface area contributed by atoms with Gasteiger partial charge >= 0.3 is 12.0 Å². The molecule has 2 N–H and O–H groups in total. The van der Waals surface area contributed by atoms with Crippen LogP contribution >= 0.6 is 0 Å². The number of carbonyl (C=O) groups is 2. The van der Waals surface area contributed by atoms with Crippen LogP contribution in [0.3, 0.4) is 0 Å². The van der Waals surface area contributed by atoms with Gasteiger partial charge in [0.2, 0.25) is 0 Å². The SMILES string of the molecule is CC1CCC(NC(=O)N2CCC(C)C2C(=O)O)C1. The van der Waals surface area contributed by atoms with E-state index in [-0.39, 0.29) is 18.0 Å². The van der Waals surface area contributed by atoms with Gasteiger partial charge in [-0.1, -0.05) is 13.8 Å². The Morgan fingerprint density at radius 2 is 1.94 bits per heavy atom. The quantitative estimate of drug-likeness (QED) is 0.787. The van der Waals surface area contributed by atoms with Crippen LogP contribution < -0.4 is 5.32 Å². The molecule has 5 heteroatoms. The van der Waals surface area contributed by atoms with E-state index in [0.717, 1.165) is 25.7 Å². The van der Waals surface area contributed by atoms with Gasteiger partial charge in [0.15, 0.2) is 0 Å². The van der Waals surface area contributed by atoms with Crippen LogP contribution in [0.4, 0.5) is 4.79 Å². The Labute approximate surface area is 108 Å². The molecule has 1 saturated carbocycles. The van der Waals surface area contributed by atoms with Crippen LogP contribution in [0, 0.1) is 11.8 Å². The number of rotatable bonds is 2. The molecule has 0 aromatic rings. The van der Waals surface area contributed by atoms with Crippen LogP contribution in [-0.4, -0.2) is 40.6 Å². The molecule has 0 aromatic heterocycles. The van der Waals surface area contributed by atoms with Crippen molar-refractivity contribution in [2.24, 2.45) is 11.8 Å². The van der Waals surface area contributed by atoms with Crippen molar-refractivity contribution < 1.29 is 14.7 Å². The molecular formula is C13H22N2O3. The van der Waals surface area contributed by atoms with E-state index < -0.39 is 12.0 Å². The number of carbonyl (C=O) groups excluding carboxylic acids is 1. The number of carboxylic acids is 1. The minimum absolute atomic E-state index is 0.0377. The summed E-state index contributed by atoms with van der Waals surface area (Å²) >= 11 is 0. The second-order valence-corrected chi connectivity index (χ2v) is 5.81. The molecule has 2 amide bonds. The summed E-state index contributed by atoms with van der Waals surface area (Å²) in [6.07, 6.45) is 3.93. The van der Waals surface area contributed by atoms with Crippen LogP contribution in [0.15, 0.2) is 0 Å².